The normalized spacial score (nSPS) is 10.9. The van der Waals surface area contributed by atoms with E-state index in [4.69, 9.17) is 9.72 Å². The average molecular weight is 420 g/mol. The van der Waals surface area contributed by atoms with Gasteiger partial charge in [0, 0.05) is 28.4 Å². The maximum Gasteiger partial charge on any atom is 0.335 e. The highest BCUT2D eigenvalue weighted by molar-refractivity contribution is 7.13. The first-order valence-electron chi connectivity index (χ1n) is 9.53. The monoisotopic (exact) mass is 419 g/mol. The standard InChI is InChI=1S/C23H21N3O3S/c1-4-19-13(2)24-22(20-11-18(29-3)12-30-20)26-21(19)25-17-8-7-14-9-16(23(27)28)6-5-15(14)10-17/h5-12H,4H2,1-3H3,(H,27,28)(H,24,25,26). The van der Waals surface area contributed by atoms with Crippen molar-refractivity contribution in [2.75, 3.05) is 12.4 Å². The van der Waals surface area contributed by atoms with E-state index in [1.165, 1.54) is 0 Å². The molecule has 4 rings (SSSR count). The van der Waals surface area contributed by atoms with Gasteiger partial charge in [0.2, 0.25) is 0 Å². The molecule has 2 aromatic heterocycles. The van der Waals surface area contributed by atoms with Crippen LogP contribution in [0.1, 0.15) is 28.5 Å². The number of aromatic carboxylic acids is 1. The summed E-state index contributed by atoms with van der Waals surface area (Å²) in [6.45, 7) is 4.08. The van der Waals surface area contributed by atoms with Crippen LogP contribution in [0.2, 0.25) is 0 Å². The lowest BCUT2D eigenvalue weighted by Crippen LogP contribution is -2.05. The minimum atomic E-state index is -0.930. The zero-order chi connectivity index (χ0) is 21.3. The van der Waals surface area contributed by atoms with E-state index in [0.717, 1.165) is 50.6 Å². The van der Waals surface area contributed by atoms with Gasteiger partial charge in [0.1, 0.15) is 11.6 Å². The van der Waals surface area contributed by atoms with Crippen LogP contribution < -0.4 is 10.1 Å². The SMILES string of the molecule is CCc1c(C)nc(-c2cc(OC)cs2)nc1Nc1ccc2cc(C(=O)O)ccc2c1. The minimum Gasteiger partial charge on any atom is -0.496 e. The summed E-state index contributed by atoms with van der Waals surface area (Å²) in [5, 5.41) is 16.4. The van der Waals surface area contributed by atoms with Gasteiger partial charge in [-0.05, 0) is 48.4 Å². The Hall–Kier alpha value is -3.45. The molecule has 4 aromatic rings. The Kier molecular flexibility index (Phi) is 5.37. The zero-order valence-electron chi connectivity index (χ0n) is 16.9. The van der Waals surface area contributed by atoms with Crippen molar-refractivity contribution in [1.82, 2.24) is 9.97 Å². The molecule has 0 aliphatic carbocycles. The molecule has 152 valence electrons. The van der Waals surface area contributed by atoms with Crippen LogP contribution in [0.25, 0.3) is 21.5 Å². The van der Waals surface area contributed by atoms with Crippen LogP contribution >= 0.6 is 11.3 Å². The fourth-order valence-electron chi connectivity index (χ4n) is 3.37. The summed E-state index contributed by atoms with van der Waals surface area (Å²) in [7, 11) is 1.64. The van der Waals surface area contributed by atoms with Crippen molar-refractivity contribution in [3.8, 4) is 16.5 Å². The third-order valence-electron chi connectivity index (χ3n) is 4.95. The average Bonchev–Trinajstić information content (AvgIpc) is 3.22. The Bertz CT molecular complexity index is 1250. The van der Waals surface area contributed by atoms with Gasteiger partial charge in [-0.3, -0.25) is 0 Å². The third kappa shape index (κ3) is 3.84. The highest BCUT2D eigenvalue weighted by atomic mass is 32.1. The number of aryl methyl sites for hydroxylation is 1. The van der Waals surface area contributed by atoms with E-state index in [9.17, 15) is 9.90 Å². The molecule has 0 saturated heterocycles. The van der Waals surface area contributed by atoms with Gasteiger partial charge >= 0.3 is 5.97 Å². The number of ether oxygens (including phenoxy) is 1. The number of carboxylic acid groups (broad SMARTS) is 1. The van der Waals surface area contributed by atoms with E-state index in [1.54, 1.807) is 30.6 Å². The van der Waals surface area contributed by atoms with Gasteiger partial charge in [0.05, 0.1) is 17.6 Å². The van der Waals surface area contributed by atoms with Gasteiger partial charge < -0.3 is 15.2 Å². The quantitative estimate of drug-likeness (QED) is 0.418. The molecule has 0 aliphatic rings. The number of nitrogens with zero attached hydrogens (tertiary/aromatic N) is 2. The number of benzene rings is 2. The molecule has 7 heteroatoms. The van der Waals surface area contributed by atoms with Crippen molar-refractivity contribution in [2.24, 2.45) is 0 Å². The summed E-state index contributed by atoms with van der Waals surface area (Å²) in [5.74, 6) is 1.29. The van der Waals surface area contributed by atoms with Crippen molar-refractivity contribution in [3.63, 3.8) is 0 Å². The molecule has 0 bridgehead atoms. The van der Waals surface area contributed by atoms with Gasteiger partial charge in [0.25, 0.3) is 0 Å². The van der Waals surface area contributed by atoms with E-state index in [0.29, 0.717) is 5.82 Å². The Morgan fingerprint density at radius 2 is 1.90 bits per heavy atom. The first-order chi connectivity index (χ1) is 14.5. The molecular weight excluding hydrogens is 398 g/mol. The van der Waals surface area contributed by atoms with Gasteiger partial charge in [-0.1, -0.05) is 19.1 Å². The number of hydrogen-bond donors (Lipinski definition) is 2. The van der Waals surface area contributed by atoms with E-state index >= 15 is 0 Å². The lowest BCUT2D eigenvalue weighted by Gasteiger charge is -2.14. The predicted molar refractivity (Wildman–Crippen MR) is 120 cm³/mol. The van der Waals surface area contributed by atoms with E-state index in [1.807, 2.05) is 42.6 Å². The van der Waals surface area contributed by atoms with E-state index < -0.39 is 5.97 Å². The summed E-state index contributed by atoms with van der Waals surface area (Å²) in [5.41, 5.74) is 3.15. The van der Waals surface area contributed by atoms with E-state index in [-0.39, 0.29) is 5.56 Å². The van der Waals surface area contributed by atoms with Crippen LogP contribution in [0.3, 0.4) is 0 Å². The number of carbonyl (C=O) groups is 1. The van der Waals surface area contributed by atoms with Crippen LogP contribution in [-0.4, -0.2) is 28.2 Å². The largest absolute Gasteiger partial charge is 0.496 e. The van der Waals surface area contributed by atoms with Crippen LogP contribution in [-0.2, 0) is 6.42 Å². The second kappa shape index (κ2) is 8.12. The molecule has 0 aliphatic heterocycles. The predicted octanol–water partition coefficient (Wildman–Crippen LogP) is 5.68. The van der Waals surface area contributed by atoms with Crippen molar-refractivity contribution in [1.29, 1.82) is 0 Å². The van der Waals surface area contributed by atoms with Crippen LogP contribution in [0.4, 0.5) is 11.5 Å². The lowest BCUT2D eigenvalue weighted by molar-refractivity contribution is 0.0697. The number of carboxylic acids is 1. The molecular formula is C23H21N3O3S. The Morgan fingerprint density at radius 1 is 1.13 bits per heavy atom. The summed E-state index contributed by atoms with van der Waals surface area (Å²) in [6.07, 6.45) is 0.803. The molecule has 2 heterocycles. The van der Waals surface area contributed by atoms with Crippen LogP contribution in [0, 0.1) is 6.92 Å². The van der Waals surface area contributed by atoms with Gasteiger partial charge in [-0.15, -0.1) is 11.3 Å². The van der Waals surface area contributed by atoms with Crippen molar-refractivity contribution in [3.05, 3.63) is 64.7 Å². The van der Waals surface area contributed by atoms with E-state index in [2.05, 4.69) is 17.2 Å². The number of anilines is 2. The molecule has 30 heavy (non-hydrogen) atoms. The molecule has 0 radical (unpaired) electrons. The second-order valence-corrected chi connectivity index (χ2v) is 7.78. The molecule has 2 N–H and O–H groups in total. The van der Waals surface area contributed by atoms with Crippen molar-refractivity contribution < 1.29 is 14.6 Å². The highest BCUT2D eigenvalue weighted by Gasteiger charge is 2.14. The maximum atomic E-state index is 11.2. The van der Waals surface area contributed by atoms with Crippen LogP contribution in [0.5, 0.6) is 5.75 Å². The minimum absolute atomic E-state index is 0.277. The van der Waals surface area contributed by atoms with Gasteiger partial charge in [0.15, 0.2) is 5.82 Å². The Balaban J connectivity index is 1.72. The first kappa shape index (κ1) is 19.8. The van der Waals surface area contributed by atoms with Gasteiger partial charge in [-0.2, -0.15) is 0 Å². The fourth-order valence-corrected chi connectivity index (χ4v) is 4.16. The molecule has 6 nitrogen and oxygen atoms in total. The first-order valence-corrected chi connectivity index (χ1v) is 10.4. The Morgan fingerprint density at radius 3 is 2.60 bits per heavy atom. The number of methoxy groups -OCH3 is 1. The smallest absolute Gasteiger partial charge is 0.335 e. The second-order valence-electron chi connectivity index (χ2n) is 6.87. The van der Waals surface area contributed by atoms with Crippen LogP contribution in [0.15, 0.2) is 47.8 Å². The maximum absolute atomic E-state index is 11.2. The zero-order valence-corrected chi connectivity index (χ0v) is 17.7. The lowest BCUT2D eigenvalue weighted by atomic mass is 10.1. The highest BCUT2D eigenvalue weighted by Crippen LogP contribution is 2.32. The number of aromatic nitrogens is 2. The summed E-state index contributed by atoms with van der Waals surface area (Å²) < 4.78 is 5.28. The number of nitrogens with one attached hydrogen (secondary N) is 1. The third-order valence-corrected chi connectivity index (χ3v) is 5.85. The topological polar surface area (TPSA) is 84.3 Å². The molecule has 2 aromatic carbocycles. The number of rotatable bonds is 6. The number of fused-ring (bicyclic) bond motifs is 1. The molecule has 0 amide bonds. The molecule has 0 fully saturated rings. The summed E-state index contributed by atoms with van der Waals surface area (Å²) in [6, 6.07) is 12.9. The van der Waals surface area contributed by atoms with Crippen molar-refractivity contribution in [2.45, 2.75) is 20.3 Å². The van der Waals surface area contributed by atoms with Crippen molar-refractivity contribution >= 4 is 39.6 Å². The van der Waals surface area contributed by atoms with Gasteiger partial charge in [-0.25, -0.2) is 14.8 Å². The number of thiophene rings is 1. The molecule has 0 saturated carbocycles. The fraction of sp³-hybridized carbons (Fsp3) is 0.174. The molecule has 0 atom stereocenters. The summed E-state index contributed by atoms with van der Waals surface area (Å²) >= 11 is 1.54. The molecule has 0 spiro atoms. The molecule has 0 unspecified atom stereocenters. The summed E-state index contributed by atoms with van der Waals surface area (Å²) in [4.78, 5) is 21.6. The Labute approximate surface area is 178 Å². The number of hydrogen-bond acceptors (Lipinski definition) is 6.